The van der Waals surface area contributed by atoms with Crippen LogP contribution in [-0.4, -0.2) is 12.0 Å². The summed E-state index contributed by atoms with van der Waals surface area (Å²) in [4.78, 5) is 4.04. The zero-order valence-corrected chi connectivity index (χ0v) is 8.89. The molecular formula is C10H19N3. The van der Waals surface area contributed by atoms with E-state index in [1.165, 1.54) is 0 Å². The van der Waals surface area contributed by atoms with Crippen LogP contribution in [0.4, 0.5) is 11.5 Å². The summed E-state index contributed by atoms with van der Waals surface area (Å²) in [6, 6.07) is 2.02. The molecule has 3 nitrogen and oxygen atoms in total. The van der Waals surface area contributed by atoms with Crippen molar-refractivity contribution in [2.24, 2.45) is 0 Å². The summed E-state index contributed by atoms with van der Waals surface area (Å²) in [7, 11) is 1.87. The molecule has 0 aliphatic rings. The Morgan fingerprint density at radius 2 is 2.08 bits per heavy atom. The van der Waals surface area contributed by atoms with E-state index < -0.39 is 0 Å². The molecule has 0 atom stereocenters. The van der Waals surface area contributed by atoms with Crippen molar-refractivity contribution in [1.82, 2.24) is 4.98 Å². The molecule has 0 radical (unpaired) electrons. The summed E-state index contributed by atoms with van der Waals surface area (Å²) in [5.74, 6) is 0.631. The molecule has 74 valence electrons. The number of nitrogen functional groups attached to an aromatic ring is 1. The normalized spacial score (nSPS) is 8.62. The Morgan fingerprint density at radius 1 is 1.46 bits per heavy atom. The highest BCUT2D eigenvalue weighted by atomic mass is 14.9. The van der Waals surface area contributed by atoms with E-state index in [-0.39, 0.29) is 0 Å². The van der Waals surface area contributed by atoms with Gasteiger partial charge < -0.3 is 11.1 Å². The lowest BCUT2D eigenvalue weighted by Gasteiger charge is -2.04. The van der Waals surface area contributed by atoms with Crippen molar-refractivity contribution in [2.45, 2.75) is 27.2 Å². The average molecular weight is 181 g/mol. The summed E-state index contributed by atoms with van der Waals surface area (Å²) in [5, 5.41) is 3.01. The zero-order chi connectivity index (χ0) is 10.3. The Bertz CT molecular complexity index is 246. The van der Waals surface area contributed by atoms with E-state index in [4.69, 9.17) is 5.73 Å². The second kappa shape index (κ2) is 6.29. The highest BCUT2D eigenvalue weighted by Gasteiger charge is 1.97. The molecule has 0 fully saturated rings. The fourth-order valence-corrected chi connectivity index (χ4v) is 0.941. The number of anilines is 2. The quantitative estimate of drug-likeness (QED) is 0.736. The SMILES string of the molecule is CC.CCc1cc(NC)cnc1N. The van der Waals surface area contributed by atoms with Crippen molar-refractivity contribution >= 4 is 11.5 Å². The molecule has 3 N–H and O–H groups in total. The Hall–Kier alpha value is -1.25. The molecular weight excluding hydrogens is 162 g/mol. The van der Waals surface area contributed by atoms with Crippen molar-refractivity contribution in [1.29, 1.82) is 0 Å². The Morgan fingerprint density at radius 3 is 2.54 bits per heavy atom. The lowest BCUT2D eigenvalue weighted by Crippen LogP contribution is -1.98. The monoisotopic (exact) mass is 181 g/mol. The van der Waals surface area contributed by atoms with Crippen LogP contribution in [0, 0.1) is 0 Å². The van der Waals surface area contributed by atoms with Crippen LogP contribution in [0.1, 0.15) is 26.3 Å². The lowest BCUT2D eigenvalue weighted by molar-refractivity contribution is 1.11. The van der Waals surface area contributed by atoms with Crippen LogP contribution in [-0.2, 0) is 6.42 Å². The number of nitrogens with zero attached hydrogens (tertiary/aromatic N) is 1. The highest BCUT2D eigenvalue weighted by Crippen LogP contribution is 2.14. The number of pyridine rings is 1. The van der Waals surface area contributed by atoms with E-state index in [0.717, 1.165) is 17.7 Å². The molecule has 3 heteroatoms. The highest BCUT2D eigenvalue weighted by molar-refractivity contribution is 5.50. The first-order chi connectivity index (χ1) is 6.27. The van der Waals surface area contributed by atoms with Gasteiger partial charge in [0, 0.05) is 7.05 Å². The minimum atomic E-state index is 0.631. The second-order valence-electron chi connectivity index (χ2n) is 2.37. The fourth-order valence-electron chi connectivity index (χ4n) is 0.941. The van der Waals surface area contributed by atoms with Crippen LogP contribution >= 0.6 is 0 Å². The predicted molar refractivity (Wildman–Crippen MR) is 58.9 cm³/mol. The van der Waals surface area contributed by atoms with Gasteiger partial charge in [-0.3, -0.25) is 0 Å². The summed E-state index contributed by atoms with van der Waals surface area (Å²) in [5.41, 5.74) is 7.72. The first-order valence-corrected chi connectivity index (χ1v) is 4.70. The van der Waals surface area contributed by atoms with Gasteiger partial charge in [-0.15, -0.1) is 0 Å². The van der Waals surface area contributed by atoms with Crippen LogP contribution in [0.5, 0.6) is 0 Å². The van der Waals surface area contributed by atoms with Gasteiger partial charge in [0.05, 0.1) is 11.9 Å². The smallest absolute Gasteiger partial charge is 0.126 e. The molecule has 13 heavy (non-hydrogen) atoms. The van der Waals surface area contributed by atoms with Crippen molar-refractivity contribution in [3.8, 4) is 0 Å². The minimum absolute atomic E-state index is 0.631. The number of hydrogen-bond acceptors (Lipinski definition) is 3. The molecule has 0 saturated carbocycles. The molecule has 0 saturated heterocycles. The topological polar surface area (TPSA) is 50.9 Å². The van der Waals surface area contributed by atoms with Crippen LogP contribution < -0.4 is 11.1 Å². The van der Waals surface area contributed by atoms with Gasteiger partial charge in [-0.25, -0.2) is 4.98 Å². The first kappa shape index (κ1) is 11.8. The molecule has 0 unspecified atom stereocenters. The number of aryl methyl sites for hydroxylation is 1. The summed E-state index contributed by atoms with van der Waals surface area (Å²) < 4.78 is 0. The fraction of sp³-hybridized carbons (Fsp3) is 0.500. The van der Waals surface area contributed by atoms with E-state index in [0.29, 0.717) is 5.82 Å². The third kappa shape index (κ3) is 3.32. The van der Waals surface area contributed by atoms with Gasteiger partial charge in [0.25, 0.3) is 0 Å². The summed E-state index contributed by atoms with van der Waals surface area (Å²) in [6.45, 7) is 6.06. The second-order valence-corrected chi connectivity index (χ2v) is 2.37. The van der Waals surface area contributed by atoms with Gasteiger partial charge in [0.2, 0.25) is 0 Å². The maximum absolute atomic E-state index is 5.62. The number of nitrogens with two attached hydrogens (primary N) is 1. The van der Waals surface area contributed by atoms with Gasteiger partial charge in [-0.2, -0.15) is 0 Å². The third-order valence-corrected chi connectivity index (χ3v) is 1.67. The van der Waals surface area contributed by atoms with Gasteiger partial charge in [0.15, 0.2) is 0 Å². The van der Waals surface area contributed by atoms with E-state index in [1.54, 1.807) is 6.20 Å². The maximum Gasteiger partial charge on any atom is 0.126 e. The molecule has 1 aromatic heterocycles. The number of hydrogen-bond donors (Lipinski definition) is 2. The number of rotatable bonds is 2. The molecule has 0 aliphatic heterocycles. The van der Waals surface area contributed by atoms with Gasteiger partial charge >= 0.3 is 0 Å². The molecule has 1 rings (SSSR count). The van der Waals surface area contributed by atoms with E-state index >= 15 is 0 Å². The molecule has 0 bridgehead atoms. The summed E-state index contributed by atoms with van der Waals surface area (Å²) >= 11 is 0. The predicted octanol–water partition coefficient (Wildman–Crippen LogP) is 2.29. The third-order valence-electron chi connectivity index (χ3n) is 1.67. The Balaban J connectivity index is 0.000000671. The van der Waals surface area contributed by atoms with E-state index in [9.17, 15) is 0 Å². The zero-order valence-electron chi connectivity index (χ0n) is 8.89. The average Bonchev–Trinajstić information content (AvgIpc) is 2.22. The van der Waals surface area contributed by atoms with Crippen LogP contribution in [0.3, 0.4) is 0 Å². The standard InChI is InChI=1S/C8H13N3.C2H6/c1-3-6-4-7(10-2)5-11-8(6)9;1-2/h4-5,10H,3H2,1-2H3,(H2,9,11);1-2H3. The molecule has 1 aromatic rings. The molecule has 1 heterocycles. The van der Waals surface area contributed by atoms with Gasteiger partial charge in [0.1, 0.15) is 5.82 Å². The largest absolute Gasteiger partial charge is 0.387 e. The molecule has 0 aromatic carbocycles. The molecule has 0 amide bonds. The Kier molecular flexibility index (Phi) is 5.68. The van der Waals surface area contributed by atoms with Gasteiger partial charge in [-0.1, -0.05) is 20.8 Å². The maximum atomic E-state index is 5.62. The first-order valence-electron chi connectivity index (χ1n) is 4.70. The van der Waals surface area contributed by atoms with Gasteiger partial charge in [-0.05, 0) is 18.1 Å². The van der Waals surface area contributed by atoms with E-state index in [1.807, 2.05) is 27.0 Å². The summed E-state index contributed by atoms with van der Waals surface area (Å²) in [6.07, 6.45) is 2.66. The number of nitrogens with one attached hydrogen (secondary N) is 1. The van der Waals surface area contributed by atoms with Crippen LogP contribution in [0.25, 0.3) is 0 Å². The minimum Gasteiger partial charge on any atom is -0.387 e. The molecule has 0 spiro atoms. The number of aromatic nitrogens is 1. The van der Waals surface area contributed by atoms with Crippen molar-refractivity contribution in [2.75, 3.05) is 18.1 Å². The van der Waals surface area contributed by atoms with Crippen molar-refractivity contribution < 1.29 is 0 Å². The van der Waals surface area contributed by atoms with Crippen molar-refractivity contribution in [3.05, 3.63) is 17.8 Å². The van der Waals surface area contributed by atoms with Crippen LogP contribution in [0.2, 0.25) is 0 Å². The van der Waals surface area contributed by atoms with Crippen molar-refractivity contribution in [3.63, 3.8) is 0 Å². The Labute approximate surface area is 80.4 Å². The lowest BCUT2D eigenvalue weighted by atomic mass is 10.2. The van der Waals surface area contributed by atoms with E-state index in [2.05, 4.69) is 17.2 Å². The van der Waals surface area contributed by atoms with Crippen LogP contribution in [0.15, 0.2) is 12.3 Å². The molecule has 0 aliphatic carbocycles.